The molecule has 0 unspecified atom stereocenters. The molecule has 0 saturated carbocycles. The van der Waals surface area contributed by atoms with Gasteiger partial charge in [-0.1, -0.05) is 35.3 Å². The van der Waals surface area contributed by atoms with Gasteiger partial charge in [0.25, 0.3) is 5.91 Å². The second kappa shape index (κ2) is 9.50. The van der Waals surface area contributed by atoms with Crippen molar-refractivity contribution in [1.82, 2.24) is 4.98 Å². The first-order valence-corrected chi connectivity index (χ1v) is 12.0. The first kappa shape index (κ1) is 22.5. The fraction of sp³-hybridized carbons (Fsp3) is 0.0769. The Kier molecular flexibility index (Phi) is 6.28. The molecule has 170 valence electrons. The Labute approximate surface area is 209 Å². The highest BCUT2D eigenvalue weighted by atomic mass is 35.5. The number of carbonyl (C=O) groups excluding carboxylic acids is 1. The predicted molar refractivity (Wildman–Crippen MR) is 137 cm³/mol. The highest BCUT2D eigenvalue weighted by Gasteiger charge is 2.14. The molecular formula is C26H18Cl2N2O3S. The summed E-state index contributed by atoms with van der Waals surface area (Å²) in [4.78, 5) is 17.3. The lowest BCUT2D eigenvalue weighted by Gasteiger charge is -2.07. The van der Waals surface area contributed by atoms with Crippen LogP contribution in [0.5, 0.6) is 5.75 Å². The Morgan fingerprint density at radius 2 is 1.88 bits per heavy atom. The summed E-state index contributed by atoms with van der Waals surface area (Å²) in [6, 6.07) is 22.2. The number of hydrogen-bond donors (Lipinski definition) is 1. The lowest BCUT2D eigenvalue weighted by atomic mass is 10.2. The molecule has 2 aromatic heterocycles. The number of carbonyl (C=O) groups is 1. The van der Waals surface area contributed by atoms with Gasteiger partial charge < -0.3 is 14.5 Å². The van der Waals surface area contributed by atoms with Crippen molar-refractivity contribution in [3.05, 3.63) is 99.9 Å². The van der Waals surface area contributed by atoms with E-state index in [0.29, 0.717) is 27.2 Å². The van der Waals surface area contributed by atoms with Crippen LogP contribution in [0.15, 0.2) is 77.2 Å². The number of aryl methyl sites for hydroxylation is 1. The molecule has 0 bridgehead atoms. The van der Waals surface area contributed by atoms with Gasteiger partial charge in [0, 0.05) is 11.3 Å². The van der Waals surface area contributed by atoms with Crippen molar-refractivity contribution in [2.75, 3.05) is 5.32 Å². The molecule has 0 spiro atoms. The van der Waals surface area contributed by atoms with E-state index in [4.69, 9.17) is 37.3 Å². The van der Waals surface area contributed by atoms with E-state index >= 15 is 0 Å². The van der Waals surface area contributed by atoms with Crippen LogP contribution in [-0.2, 0) is 6.61 Å². The summed E-state index contributed by atoms with van der Waals surface area (Å²) in [6.07, 6.45) is 0. The van der Waals surface area contributed by atoms with Gasteiger partial charge in [-0.3, -0.25) is 4.79 Å². The summed E-state index contributed by atoms with van der Waals surface area (Å²) in [5.74, 6) is 0.763. The van der Waals surface area contributed by atoms with Gasteiger partial charge in [0.15, 0.2) is 5.76 Å². The van der Waals surface area contributed by atoms with Crippen LogP contribution in [0.3, 0.4) is 0 Å². The van der Waals surface area contributed by atoms with Crippen molar-refractivity contribution in [1.29, 1.82) is 0 Å². The predicted octanol–water partition coefficient (Wildman–Crippen LogP) is 8.00. The average molecular weight is 509 g/mol. The number of rotatable bonds is 6. The number of hydrogen-bond acceptors (Lipinski definition) is 5. The summed E-state index contributed by atoms with van der Waals surface area (Å²) in [5.41, 5.74) is 3.85. The molecule has 0 saturated heterocycles. The number of fused-ring (bicyclic) bond motifs is 1. The van der Waals surface area contributed by atoms with E-state index in [1.165, 1.54) is 5.56 Å². The van der Waals surface area contributed by atoms with E-state index in [2.05, 4.69) is 24.4 Å². The average Bonchev–Trinajstić information content (AvgIpc) is 3.47. The molecule has 0 radical (unpaired) electrons. The Morgan fingerprint density at radius 1 is 1.06 bits per heavy atom. The minimum Gasteiger partial charge on any atom is -0.484 e. The summed E-state index contributed by atoms with van der Waals surface area (Å²) in [6.45, 7) is 2.18. The third-order valence-electron chi connectivity index (χ3n) is 5.11. The lowest BCUT2D eigenvalue weighted by molar-refractivity contribution is 0.0992. The zero-order valence-corrected chi connectivity index (χ0v) is 20.3. The first-order chi connectivity index (χ1) is 16.5. The van der Waals surface area contributed by atoms with Gasteiger partial charge in [-0.25, -0.2) is 4.98 Å². The van der Waals surface area contributed by atoms with Gasteiger partial charge in [-0.2, -0.15) is 0 Å². The van der Waals surface area contributed by atoms with Crippen molar-refractivity contribution in [3.8, 4) is 16.3 Å². The van der Waals surface area contributed by atoms with Crippen LogP contribution >= 0.6 is 34.5 Å². The normalized spacial score (nSPS) is 11.0. The quantitative estimate of drug-likeness (QED) is 0.252. The highest BCUT2D eigenvalue weighted by Crippen LogP contribution is 2.33. The van der Waals surface area contributed by atoms with Gasteiger partial charge >= 0.3 is 0 Å². The van der Waals surface area contributed by atoms with E-state index in [9.17, 15) is 4.79 Å². The topological polar surface area (TPSA) is 64.4 Å². The maximum atomic E-state index is 12.6. The van der Waals surface area contributed by atoms with Crippen molar-refractivity contribution < 1.29 is 13.9 Å². The molecule has 1 amide bonds. The van der Waals surface area contributed by atoms with Crippen molar-refractivity contribution in [2.24, 2.45) is 0 Å². The van der Waals surface area contributed by atoms with Gasteiger partial charge in [0.05, 0.1) is 15.2 Å². The molecule has 0 aliphatic heterocycles. The van der Waals surface area contributed by atoms with Gasteiger partial charge in [0.2, 0.25) is 0 Å². The second-order valence-corrected chi connectivity index (χ2v) is 9.44. The van der Waals surface area contributed by atoms with Crippen molar-refractivity contribution >= 4 is 56.3 Å². The fourth-order valence-electron chi connectivity index (χ4n) is 3.37. The van der Waals surface area contributed by atoms with Crippen molar-refractivity contribution in [2.45, 2.75) is 13.5 Å². The van der Waals surface area contributed by atoms with E-state index in [1.807, 2.05) is 30.3 Å². The minimum absolute atomic E-state index is 0.115. The number of amides is 1. The number of halogens is 2. The lowest BCUT2D eigenvalue weighted by Crippen LogP contribution is -2.10. The maximum absolute atomic E-state index is 12.6. The monoisotopic (exact) mass is 508 g/mol. The zero-order valence-electron chi connectivity index (χ0n) is 18.0. The van der Waals surface area contributed by atoms with Crippen LogP contribution < -0.4 is 10.1 Å². The Morgan fingerprint density at radius 3 is 2.71 bits per heavy atom. The minimum atomic E-state index is -0.352. The SMILES string of the molecule is Cc1ccc2nc(-c3ccc(NC(=O)c4ccc(COc5cccc(Cl)c5Cl)o4)cc3)sc2c1. The number of anilines is 1. The number of nitrogens with zero attached hydrogens (tertiary/aromatic N) is 1. The van der Waals surface area contributed by atoms with Crippen molar-refractivity contribution in [3.63, 3.8) is 0 Å². The summed E-state index contributed by atoms with van der Waals surface area (Å²) >= 11 is 13.8. The highest BCUT2D eigenvalue weighted by molar-refractivity contribution is 7.21. The molecule has 2 heterocycles. The molecule has 0 aliphatic carbocycles. The molecule has 0 aliphatic rings. The molecule has 5 nitrogen and oxygen atoms in total. The van der Waals surface area contributed by atoms with E-state index in [-0.39, 0.29) is 18.3 Å². The van der Waals surface area contributed by atoms with Crippen LogP contribution in [-0.4, -0.2) is 10.9 Å². The van der Waals surface area contributed by atoms with Crippen LogP contribution in [0.2, 0.25) is 10.0 Å². The largest absolute Gasteiger partial charge is 0.484 e. The third kappa shape index (κ3) is 4.80. The number of ether oxygens (including phenoxy) is 1. The number of benzene rings is 3. The van der Waals surface area contributed by atoms with E-state index < -0.39 is 0 Å². The van der Waals surface area contributed by atoms with Crippen LogP contribution in [0, 0.1) is 6.92 Å². The fourth-order valence-corrected chi connectivity index (χ4v) is 4.78. The van der Waals surface area contributed by atoms with Crippen LogP contribution in [0.1, 0.15) is 21.9 Å². The second-order valence-electron chi connectivity index (χ2n) is 7.63. The maximum Gasteiger partial charge on any atom is 0.291 e. The van der Waals surface area contributed by atoms with Crippen LogP contribution in [0.25, 0.3) is 20.8 Å². The molecular weight excluding hydrogens is 491 g/mol. The number of aromatic nitrogens is 1. The number of nitrogens with one attached hydrogen (secondary N) is 1. The third-order valence-corrected chi connectivity index (χ3v) is 6.97. The first-order valence-electron chi connectivity index (χ1n) is 10.4. The summed E-state index contributed by atoms with van der Waals surface area (Å²) in [5, 5.41) is 4.52. The number of furan rings is 1. The molecule has 1 N–H and O–H groups in total. The molecule has 5 rings (SSSR count). The molecule has 3 aromatic carbocycles. The zero-order chi connectivity index (χ0) is 23.7. The Hall–Kier alpha value is -3.32. The molecule has 34 heavy (non-hydrogen) atoms. The van der Waals surface area contributed by atoms with Gasteiger partial charge in [-0.15, -0.1) is 11.3 Å². The summed E-state index contributed by atoms with van der Waals surface area (Å²) in [7, 11) is 0. The smallest absolute Gasteiger partial charge is 0.291 e. The van der Waals surface area contributed by atoms with E-state index in [0.717, 1.165) is 20.8 Å². The Bertz CT molecular complexity index is 1490. The number of thiazole rings is 1. The molecule has 5 aromatic rings. The molecule has 8 heteroatoms. The summed E-state index contributed by atoms with van der Waals surface area (Å²) < 4.78 is 12.4. The Balaban J connectivity index is 1.23. The standard InChI is InChI=1S/C26H18Cl2N2O3S/c1-15-5-11-20-23(13-15)34-26(30-20)16-6-8-17(9-7-16)29-25(31)22-12-10-18(33-22)14-32-21-4-2-3-19(27)24(21)28/h2-13H,14H2,1H3,(H,29,31). The van der Waals surface area contributed by atoms with Crippen LogP contribution in [0.4, 0.5) is 5.69 Å². The van der Waals surface area contributed by atoms with Gasteiger partial charge in [0.1, 0.15) is 28.1 Å². The molecule has 0 fully saturated rings. The van der Waals surface area contributed by atoms with E-state index in [1.54, 1.807) is 41.7 Å². The van der Waals surface area contributed by atoms with Gasteiger partial charge in [-0.05, 0) is 73.2 Å². The molecule has 0 atom stereocenters.